The van der Waals surface area contributed by atoms with E-state index in [0.717, 1.165) is 11.3 Å². The topological polar surface area (TPSA) is 128 Å². The maximum absolute atomic E-state index is 12.0. The zero-order valence-corrected chi connectivity index (χ0v) is 18.0. The Kier molecular flexibility index (Phi) is 6.44. The largest absolute Gasteiger partial charge is 0.465 e. The second kappa shape index (κ2) is 9.77. The van der Waals surface area contributed by atoms with Gasteiger partial charge in [0, 0.05) is 5.69 Å². The lowest BCUT2D eigenvalue weighted by Crippen LogP contribution is -2.18. The van der Waals surface area contributed by atoms with Gasteiger partial charge in [0.25, 0.3) is 0 Å². The molecule has 4 rings (SSSR count). The molecule has 168 valence electrons. The van der Waals surface area contributed by atoms with Crippen LogP contribution in [0.5, 0.6) is 11.8 Å². The second-order valence-electron chi connectivity index (χ2n) is 6.89. The number of hydrogen-bond donors (Lipinski definition) is 2. The highest BCUT2D eigenvalue weighted by Crippen LogP contribution is 2.28. The summed E-state index contributed by atoms with van der Waals surface area (Å²) in [4.78, 5) is 36.6. The van der Waals surface area contributed by atoms with Gasteiger partial charge in [-0.15, -0.1) is 0 Å². The molecular formula is C23H21N5O5. The van der Waals surface area contributed by atoms with Crippen molar-refractivity contribution in [3.8, 4) is 11.8 Å². The Hall–Kier alpha value is -4.47. The van der Waals surface area contributed by atoms with Gasteiger partial charge in [0.1, 0.15) is 17.9 Å². The van der Waals surface area contributed by atoms with Gasteiger partial charge in [-0.1, -0.05) is 30.3 Å². The Morgan fingerprint density at radius 3 is 2.61 bits per heavy atom. The molecule has 0 fully saturated rings. The molecule has 0 aliphatic carbocycles. The lowest BCUT2D eigenvalue weighted by Gasteiger charge is -2.12. The van der Waals surface area contributed by atoms with Crippen molar-refractivity contribution in [2.75, 3.05) is 23.8 Å². The zero-order valence-electron chi connectivity index (χ0n) is 18.0. The number of para-hydroxylation sites is 2. The Morgan fingerprint density at radius 2 is 1.79 bits per heavy atom. The number of carbonyl (C=O) groups excluding carboxylic acids is 1. The number of nitrogens with zero attached hydrogens (tertiary/aromatic N) is 3. The predicted molar refractivity (Wildman–Crippen MR) is 122 cm³/mol. The number of aromatic nitrogens is 3. The first-order valence-electron chi connectivity index (χ1n) is 10.2. The number of rotatable bonds is 8. The molecule has 0 saturated carbocycles. The van der Waals surface area contributed by atoms with E-state index in [1.165, 1.54) is 6.07 Å². The fraction of sp³-hybridized carbons (Fsp3) is 0.174. The van der Waals surface area contributed by atoms with Gasteiger partial charge in [-0.05, 0) is 37.6 Å². The van der Waals surface area contributed by atoms with Crippen LogP contribution in [0.4, 0.5) is 17.6 Å². The summed E-state index contributed by atoms with van der Waals surface area (Å²) < 4.78 is 16.0. The van der Waals surface area contributed by atoms with Crippen LogP contribution in [0, 0.1) is 6.92 Å². The maximum atomic E-state index is 12.0. The predicted octanol–water partition coefficient (Wildman–Crippen LogP) is 3.80. The third-order valence-electron chi connectivity index (χ3n) is 4.52. The lowest BCUT2D eigenvalue weighted by molar-refractivity contribution is -0.140. The van der Waals surface area contributed by atoms with Crippen LogP contribution >= 0.6 is 0 Å². The van der Waals surface area contributed by atoms with Gasteiger partial charge < -0.3 is 24.5 Å². The molecular weight excluding hydrogens is 426 g/mol. The Balaban J connectivity index is 1.69. The normalized spacial score (nSPS) is 10.6. The van der Waals surface area contributed by atoms with Gasteiger partial charge >= 0.3 is 17.6 Å². The standard InChI is InChI=1S/C23H21N5O5/c1-3-31-20(30)13-24-21-26-22(25-16-10-6-4-8-14(16)2)28-23(27-21)33-18-12-19(29)32-17-11-7-5-9-15(17)18/h4-12H,3,13H2,1-2H3,(H2,24,25,26,27,28). The summed E-state index contributed by atoms with van der Waals surface area (Å²) in [6.45, 7) is 3.78. The quantitative estimate of drug-likeness (QED) is 0.304. The van der Waals surface area contributed by atoms with Crippen molar-refractivity contribution >= 4 is 34.5 Å². The molecule has 0 aliphatic heterocycles. The van der Waals surface area contributed by atoms with Crippen LogP contribution in [0.15, 0.2) is 63.8 Å². The molecule has 0 radical (unpaired) electrons. The first-order chi connectivity index (χ1) is 16.0. The van der Waals surface area contributed by atoms with Crippen LogP contribution in [0.3, 0.4) is 0 Å². The zero-order chi connectivity index (χ0) is 23.2. The van der Waals surface area contributed by atoms with E-state index in [0.29, 0.717) is 11.0 Å². The minimum absolute atomic E-state index is 0.0804. The molecule has 0 bridgehead atoms. The summed E-state index contributed by atoms with van der Waals surface area (Å²) in [6, 6.07) is 15.7. The molecule has 0 saturated heterocycles. The maximum Gasteiger partial charge on any atom is 0.339 e. The average molecular weight is 447 g/mol. The number of hydrogen-bond acceptors (Lipinski definition) is 10. The molecule has 2 N–H and O–H groups in total. The van der Waals surface area contributed by atoms with E-state index >= 15 is 0 Å². The van der Waals surface area contributed by atoms with E-state index in [1.807, 2.05) is 31.2 Å². The molecule has 0 spiro atoms. The van der Waals surface area contributed by atoms with Crippen molar-refractivity contribution in [2.45, 2.75) is 13.8 Å². The van der Waals surface area contributed by atoms with Crippen molar-refractivity contribution in [1.82, 2.24) is 15.0 Å². The number of carbonyl (C=O) groups is 1. The van der Waals surface area contributed by atoms with Crippen molar-refractivity contribution in [3.63, 3.8) is 0 Å². The molecule has 0 aliphatic rings. The number of benzene rings is 2. The van der Waals surface area contributed by atoms with Crippen molar-refractivity contribution in [2.24, 2.45) is 0 Å². The summed E-state index contributed by atoms with van der Waals surface area (Å²) >= 11 is 0. The van der Waals surface area contributed by atoms with Gasteiger partial charge in [0.05, 0.1) is 18.1 Å². The number of nitrogens with one attached hydrogen (secondary N) is 2. The smallest absolute Gasteiger partial charge is 0.339 e. The van der Waals surface area contributed by atoms with Crippen molar-refractivity contribution < 1.29 is 18.7 Å². The van der Waals surface area contributed by atoms with Crippen molar-refractivity contribution in [1.29, 1.82) is 0 Å². The Labute approximate surface area is 188 Å². The molecule has 10 heteroatoms. The van der Waals surface area contributed by atoms with Crippen molar-refractivity contribution in [3.05, 3.63) is 70.6 Å². The Bertz CT molecular complexity index is 1350. The molecule has 33 heavy (non-hydrogen) atoms. The van der Waals surface area contributed by atoms with E-state index < -0.39 is 11.6 Å². The first-order valence-corrected chi connectivity index (χ1v) is 10.2. The number of esters is 1. The number of ether oxygens (including phenoxy) is 2. The van der Waals surface area contributed by atoms with Crippen LogP contribution in [-0.4, -0.2) is 34.1 Å². The van der Waals surface area contributed by atoms with E-state index in [2.05, 4.69) is 25.6 Å². The van der Waals surface area contributed by atoms with Crippen LogP contribution < -0.4 is 21.0 Å². The monoisotopic (exact) mass is 447 g/mol. The summed E-state index contributed by atoms with van der Waals surface area (Å²) in [6.07, 6.45) is 0. The van der Waals surface area contributed by atoms with Crippen LogP contribution in [0.1, 0.15) is 12.5 Å². The Morgan fingerprint density at radius 1 is 1.03 bits per heavy atom. The fourth-order valence-electron chi connectivity index (χ4n) is 3.00. The van der Waals surface area contributed by atoms with Crippen LogP contribution in [-0.2, 0) is 9.53 Å². The van der Waals surface area contributed by atoms with E-state index in [4.69, 9.17) is 13.9 Å². The highest BCUT2D eigenvalue weighted by Gasteiger charge is 2.14. The number of aryl methyl sites for hydroxylation is 1. The lowest BCUT2D eigenvalue weighted by atomic mass is 10.2. The summed E-state index contributed by atoms with van der Waals surface area (Å²) in [5, 5.41) is 6.51. The van der Waals surface area contributed by atoms with Gasteiger partial charge in [-0.2, -0.15) is 15.0 Å². The van der Waals surface area contributed by atoms with Crippen LogP contribution in [0.25, 0.3) is 11.0 Å². The van der Waals surface area contributed by atoms with Crippen LogP contribution in [0.2, 0.25) is 0 Å². The summed E-state index contributed by atoms with van der Waals surface area (Å²) in [5.41, 5.74) is 1.56. The fourth-order valence-corrected chi connectivity index (χ4v) is 3.00. The number of anilines is 3. The molecule has 0 atom stereocenters. The molecule has 10 nitrogen and oxygen atoms in total. The highest BCUT2D eigenvalue weighted by atomic mass is 16.5. The third kappa shape index (κ3) is 5.42. The second-order valence-corrected chi connectivity index (χ2v) is 6.89. The van der Waals surface area contributed by atoms with E-state index in [-0.39, 0.29) is 36.8 Å². The highest BCUT2D eigenvalue weighted by molar-refractivity contribution is 5.83. The molecule has 2 heterocycles. The molecule has 2 aromatic heterocycles. The minimum atomic E-state index is -0.573. The van der Waals surface area contributed by atoms with E-state index in [1.54, 1.807) is 31.2 Å². The third-order valence-corrected chi connectivity index (χ3v) is 4.52. The minimum Gasteiger partial charge on any atom is -0.465 e. The molecule has 4 aromatic rings. The summed E-state index contributed by atoms with van der Waals surface area (Å²) in [7, 11) is 0. The number of fused-ring (bicyclic) bond motifs is 1. The molecule has 0 unspecified atom stereocenters. The molecule has 2 aromatic carbocycles. The van der Waals surface area contributed by atoms with Gasteiger partial charge in [-0.3, -0.25) is 4.79 Å². The average Bonchev–Trinajstić information content (AvgIpc) is 2.79. The van der Waals surface area contributed by atoms with Gasteiger partial charge in [-0.25, -0.2) is 4.79 Å². The van der Waals surface area contributed by atoms with E-state index in [9.17, 15) is 9.59 Å². The molecule has 0 amide bonds. The first kappa shape index (κ1) is 21.8. The van der Waals surface area contributed by atoms with Gasteiger partial charge in [0.15, 0.2) is 0 Å². The SMILES string of the molecule is CCOC(=O)CNc1nc(Nc2ccccc2C)nc(Oc2cc(=O)oc3ccccc23)n1. The van der Waals surface area contributed by atoms with Gasteiger partial charge in [0.2, 0.25) is 11.9 Å². The summed E-state index contributed by atoms with van der Waals surface area (Å²) in [5.74, 6) is 0.0519.